The first-order valence-electron chi connectivity index (χ1n) is 9.83. The molecule has 0 bridgehead atoms. The van der Waals surface area contributed by atoms with E-state index in [9.17, 15) is 14.7 Å². The lowest BCUT2D eigenvalue weighted by Crippen LogP contribution is -2.22. The maximum absolute atomic E-state index is 12.7. The predicted octanol–water partition coefficient (Wildman–Crippen LogP) is 4.65. The average Bonchev–Trinajstić information content (AvgIpc) is 3.24. The van der Waals surface area contributed by atoms with Crippen molar-refractivity contribution >= 4 is 33.6 Å². The number of carbonyl (C=O) groups is 2. The third-order valence-electron chi connectivity index (χ3n) is 4.83. The molecule has 2 atom stereocenters. The molecule has 0 unspecified atom stereocenters. The zero-order chi connectivity index (χ0) is 23.1. The van der Waals surface area contributed by atoms with Crippen molar-refractivity contribution in [3.05, 3.63) is 58.6 Å². The van der Waals surface area contributed by atoms with Crippen LogP contribution in [0.25, 0.3) is 0 Å². The number of fused-ring (bicyclic) bond motifs is 1. The quantitative estimate of drug-likeness (QED) is 0.233. The van der Waals surface area contributed by atoms with Crippen LogP contribution in [0.5, 0.6) is 17.2 Å². The normalized spacial score (nSPS) is 14.1. The van der Waals surface area contributed by atoms with Crippen LogP contribution < -0.4 is 20.3 Å². The summed E-state index contributed by atoms with van der Waals surface area (Å²) in [5.74, 6) is 0.280. The van der Waals surface area contributed by atoms with Gasteiger partial charge in [-0.2, -0.15) is 0 Å². The minimum absolute atomic E-state index is 0.00358. The number of hydroxylamine groups is 1. The van der Waals surface area contributed by atoms with E-state index in [-0.39, 0.29) is 18.5 Å². The van der Waals surface area contributed by atoms with Gasteiger partial charge in [0.05, 0.1) is 0 Å². The third-order valence-corrected chi connectivity index (χ3v) is 5.33. The minimum atomic E-state index is -0.762. The van der Waals surface area contributed by atoms with Crippen molar-refractivity contribution in [2.45, 2.75) is 25.9 Å². The van der Waals surface area contributed by atoms with Crippen molar-refractivity contribution in [1.82, 2.24) is 5.48 Å². The molecule has 1 heterocycles. The zero-order valence-corrected chi connectivity index (χ0v) is 18.8. The summed E-state index contributed by atoms with van der Waals surface area (Å²) in [5, 5.41) is 21.6. The highest BCUT2D eigenvalue weighted by atomic mass is 79.9. The van der Waals surface area contributed by atoms with Crippen molar-refractivity contribution in [2.75, 3.05) is 12.1 Å². The first kappa shape index (κ1) is 23.4. The van der Waals surface area contributed by atoms with E-state index in [0.29, 0.717) is 35.6 Å². The Balaban J connectivity index is 1.72. The summed E-state index contributed by atoms with van der Waals surface area (Å²) in [7, 11) is 0. The van der Waals surface area contributed by atoms with Gasteiger partial charge in [-0.05, 0) is 49.1 Å². The molecule has 0 radical (unpaired) electrons. The molecule has 32 heavy (non-hydrogen) atoms. The van der Waals surface area contributed by atoms with Gasteiger partial charge < -0.3 is 19.3 Å². The lowest BCUT2D eigenvalue weighted by molar-refractivity contribution is -0.124. The molecule has 0 saturated heterocycles. The fourth-order valence-corrected chi connectivity index (χ4v) is 3.59. The summed E-state index contributed by atoms with van der Waals surface area (Å²) in [4.78, 5) is 23.8. The number of benzene rings is 2. The Morgan fingerprint density at radius 3 is 2.78 bits per heavy atom. The second-order valence-corrected chi connectivity index (χ2v) is 8.07. The van der Waals surface area contributed by atoms with Gasteiger partial charge >= 0.3 is 6.09 Å². The van der Waals surface area contributed by atoms with E-state index in [1.165, 1.54) is 17.6 Å². The number of hydrogen-bond donors (Lipinski definition) is 4. The zero-order valence-electron chi connectivity index (χ0n) is 17.2. The fourth-order valence-electron chi connectivity index (χ4n) is 3.21. The lowest BCUT2D eigenvalue weighted by Gasteiger charge is -2.25. The Labute approximate surface area is 193 Å². The first-order valence-corrected chi connectivity index (χ1v) is 10.6. The van der Waals surface area contributed by atoms with Gasteiger partial charge in [0.15, 0.2) is 11.5 Å². The van der Waals surface area contributed by atoms with E-state index in [1.807, 2.05) is 6.92 Å². The minimum Gasteiger partial charge on any atom is -0.508 e. The van der Waals surface area contributed by atoms with Crippen LogP contribution in [0.15, 0.2) is 53.0 Å². The van der Waals surface area contributed by atoms with E-state index in [2.05, 4.69) is 21.2 Å². The molecule has 170 valence electrons. The number of rotatable bonds is 8. The molecule has 1 aliphatic rings. The number of ether oxygens (including phenoxy) is 3. The number of carbonyl (C=O) groups excluding carboxylic acids is 2. The summed E-state index contributed by atoms with van der Waals surface area (Å²) in [5.41, 5.74) is 2.44. The highest BCUT2D eigenvalue weighted by Gasteiger charge is 2.26. The SMILES string of the molecule is C[C@@H](CC/C=C/C(=O)NO)[C@@H](OC(=O)Nc1ccc2c(c1)OCO2)c1cc(Br)ccc1O. The molecule has 0 saturated carbocycles. The molecule has 2 amide bonds. The Morgan fingerprint density at radius 1 is 1.22 bits per heavy atom. The monoisotopic (exact) mass is 506 g/mol. The molecule has 2 aromatic rings. The van der Waals surface area contributed by atoms with Crippen LogP contribution >= 0.6 is 15.9 Å². The van der Waals surface area contributed by atoms with Gasteiger partial charge in [0, 0.05) is 27.9 Å². The van der Waals surface area contributed by atoms with Crippen LogP contribution in [0.1, 0.15) is 31.4 Å². The van der Waals surface area contributed by atoms with E-state index >= 15 is 0 Å². The molecule has 4 N–H and O–H groups in total. The molecule has 0 aliphatic carbocycles. The van der Waals surface area contributed by atoms with Crippen molar-refractivity contribution in [3.63, 3.8) is 0 Å². The topological polar surface area (TPSA) is 126 Å². The largest absolute Gasteiger partial charge is 0.508 e. The smallest absolute Gasteiger partial charge is 0.412 e. The number of halogens is 1. The van der Waals surface area contributed by atoms with Crippen molar-refractivity contribution in [2.24, 2.45) is 5.92 Å². The number of nitrogens with one attached hydrogen (secondary N) is 2. The van der Waals surface area contributed by atoms with E-state index in [1.54, 1.807) is 36.4 Å². The summed E-state index contributed by atoms with van der Waals surface area (Å²) in [6, 6.07) is 9.88. The van der Waals surface area contributed by atoms with Crippen LogP contribution in [0.4, 0.5) is 10.5 Å². The second kappa shape index (κ2) is 10.9. The number of hydrogen-bond acceptors (Lipinski definition) is 7. The number of phenolic OH excluding ortho intramolecular Hbond substituents is 1. The number of allylic oxidation sites excluding steroid dienone is 1. The molecule has 0 spiro atoms. The number of aromatic hydroxyl groups is 1. The molecule has 3 rings (SSSR count). The summed E-state index contributed by atoms with van der Waals surface area (Å²) in [6.45, 7) is 2.00. The van der Waals surface area contributed by atoms with Crippen LogP contribution in [0.3, 0.4) is 0 Å². The maximum Gasteiger partial charge on any atom is 0.412 e. The van der Waals surface area contributed by atoms with Crippen LogP contribution in [0.2, 0.25) is 0 Å². The molecular formula is C22H23BrN2O7. The summed E-state index contributed by atoms with van der Waals surface area (Å²) >= 11 is 3.38. The van der Waals surface area contributed by atoms with E-state index in [0.717, 1.165) is 4.47 Å². The van der Waals surface area contributed by atoms with Crippen molar-refractivity contribution < 1.29 is 34.1 Å². The molecule has 0 aromatic heterocycles. The van der Waals surface area contributed by atoms with Gasteiger partial charge in [0.25, 0.3) is 5.91 Å². The Morgan fingerprint density at radius 2 is 2.00 bits per heavy atom. The third kappa shape index (κ3) is 6.14. The molecule has 9 nitrogen and oxygen atoms in total. The van der Waals surface area contributed by atoms with Gasteiger partial charge in [-0.1, -0.05) is 28.9 Å². The van der Waals surface area contributed by atoms with Crippen molar-refractivity contribution in [1.29, 1.82) is 0 Å². The standard InChI is InChI=1S/C22H23BrN2O7/c1-13(4-2-3-5-20(27)25-29)21(16-10-14(23)6-8-17(16)26)32-22(28)24-15-7-9-18-19(11-15)31-12-30-18/h3,5-11,13,21,26,29H,2,4,12H2,1H3,(H,24,28)(H,25,27)/b5-3+/t13-,21+/m0/s1. The van der Waals surface area contributed by atoms with Gasteiger partial charge in [0.1, 0.15) is 11.9 Å². The number of anilines is 1. The lowest BCUT2D eigenvalue weighted by atomic mass is 9.92. The highest BCUT2D eigenvalue weighted by molar-refractivity contribution is 9.10. The van der Waals surface area contributed by atoms with Crippen LogP contribution in [0, 0.1) is 5.92 Å². The fraction of sp³-hybridized carbons (Fsp3) is 0.273. The van der Waals surface area contributed by atoms with Gasteiger partial charge in [-0.3, -0.25) is 15.3 Å². The number of phenols is 1. The Bertz CT molecular complexity index is 1010. The summed E-state index contributed by atoms with van der Waals surface area (Å²) in [6.07, 6.45) is 2.39. The van der Waals surface area contributed by atoms with Crippen molar-refractivity contribution in [3.8, 4) is 17.2 Å². The van der Waals surface area contributed by atoms with E-state index < -0.39 is 18.1 Å². The Hall–Kier alpha value is -3.24. The molecule has 1 aliphatic heterocycles. The molecule has 2 aromatic carbocycles. The Kier molecular flexibility index (Phi) is 7.96. The average molecular weight is 507 g/mol. The summed E-state index contributed by atoms with van der Waals surface area (Å²) < 4.78 is 17.0. The van der Waals surface area contributed by atoms with Gasteiger partial charge in [-0.25, -0.2) is 10.3 Å². The van der Waals surface area contributed by atoms with Gasteiger partial charge in [0.2, 0.25) is 6.79 Å². The maximum atomic E-state index is 12.7. The molecule has 10 heteroatoms. The molecular weight excluding hydrogens is 484 g/mol. The first-order chi connectivity index (χ1) is 15.4. The highest BCUT2D eigenvalue weighted by Crippen LogP contribution is 2.37. The van der Waals surface area contributed by atoms with Crippen LogP contribution in [-0.2, 0) is 9.53 Å². The van der Waals surface area contributed by atoms with Crippen LogP contribution in [-0.4, -0.2) is 29.1 Å². The second-order valence-electron chi connectivity index (χ2n) is 7.16. The number of amides is 2. The predicted molar refractivity (Wildman–Crippen MR) is 119 cm³/mol. The molecule has 0 fully saturated rings. The van der Waals surface area contributed by atoms with E-state index in [4.69, 9.17) is 19.4 Å². The van der Waals surface area contributed by atoms with Gasteiger partial charge in [-0.15, -0.1) is 0 Å².